The van der Waals surface area contributed by atoms with Crippen LogP contribution < -0.4 is 5.73 Å². The molecule has 106 valence electrons. The van der Waals surface area contributed by atoms with Gasteiger partial charge in [0.2, 0.25) is 0 Å². The number of hydrogen-bond acceptors (Lipinski definition) is 1. The summed E-state index contributed by atoms with van der Waals surface area (Å²) in [4.78, 5) is 0. The first-order valence-corrected chi connectivity index (χ1v) is 6.81. The van der Waals surface area contributed by atoms with Crippen LogP contribution in [0, 0.1) is 6.92 Å². The highest BCUT2D eigenvalue weighted by Gasteiger charge is 2.31. The van der Waals surface area contributed by atoms with Crippen molar-refractivity contribution in [2.24, 2.45) is 5.73 Å². The molecule has 2 rings (SSSR count). The predicted molar refractivity (Wildman–Crippen MR) is 70.0 cm³/mol. The van der Waals surface area contributed by atoms with E-state index >= 15 is 0 Å². The van der Waals surface area contributed by atoms with Crippen molar-refractivity contribution in [2.75, 3.05) is 0 Å². The van der Waals surface area contributed by atoms with Gasteiger partial charge in [-0.25, -0.2) is 0 Å². The number of nitrogens with two attached hydrogens (primary N) is 1. The molecule has 0 bridgehead atoms. The highest BCUT2D eigenvalue weighted by molar-refractivity contribution is 5.35. The molecular formula is C15H20F3N. The Bertz CT molecular complexity index is 440. The molecule has 1 fully saturated rings. The van der Waals surface area contributed by atoms with Crippen molar-refractivity contribution in [3.05, 3.63) is 34.9 Å². The molecule has 4 heteroatoms. The van der Waals surface area contributed by atoms with Gasteiger partial charge >= 0.3 is 6.18 Å². The maximum Gasteiger partial charge on any atom is 0.416 e. The van der Waals surface area contributed by atoms with Gasteiger partial charge in [0, 0.05) is 6.04 Å². The van der Waals surface area contributed by atoms with Crippen LogP contribution in [-0.4, -0.2) is 6.04 Å². The van der Waals surface area contributed by atoms with E-state index in [0.717, 1.165) is 43.2 Å². The lowest BCUT2D eigenvalue weighted by atomic mass is 9.87. The van der Waals surface area contributed by atoms with Crippen molar-refractivity contribution < 1.29 is 13.2 Å². The summed E-state index contributed by atoms with van der Waals surface area (Å²) in [6.45, 7) is 1.76. The van der Waals surface area contributed by atoms with Gasteiger partial charge in [-0.05, 0) is 55.4 Å². The van der Waals surface area contributed by atoms with Crippen molar-refractivity contribution in [1.82, 2.24) is 0 Å². The first kappa shape index (κ1) is 14.4. The second-order valence-electron chi connectivity index (χ2n) is 5.55. The van der Waals surface area contributed by atoms with Crippen LogP contribution in [0.2, 0.25) is 0 Å². The Balaban J connectivity index is 2.25. The van der Waals surface area contributed by atoms with Crippen LogP contribution in [-0.2, 0) is 6.18 Å². The molecule has 2 unspecified atom stereocenters. The van der Waals surface area contributed by atoms with Gasteiger partial charge in [-0.3, -0.25) is 0 Å². The van der Waals surface area contributed by atoms with Gasteiger partial charge < -0.3 is 5.73 Å². The Hall–Kier alpha value is -1.03. The summed E-state index contributed by atoms with van der Waals surface area (Å²) in [6, 6.07) is 4.26. The van der Waals surface area contributed by atoms with Gasteiger partial charge in [0.05, 0.1) is 5.56 Å². The summed E-state index contributed by atoms with van der Waals surface area (Å²) in [5.74, 6) is 0.305. The van der Waals surface area contributed by atoms with E-state index in [1.165, 1.54) is 12.1 Å². The standard InChI is InChI=1S/C15H20F3N/c1-10-8-12(15(16,17)18)6-7-14(10)11-4-2-3-5-13(19)9-11/h6-8,11,13H,2-5,9,19H2,1H3. The topological polar surface area (TPSA) is 26.0 Å². The van der Waals surface area contributed by atoms with Crippen molar-refractivity contribution in [3.63, 3.8) is 0 Å². The summed E-state index contributed by atoms with van der Waals surface area (Å²) >= 11 is 0. The van der Waals surface area contributed by atoms with Crippen molar-refractivity contribution >= 4 is 0 Å². The molecule has 0 amide bonds. The summed E-state index contributed by atoms with van der Waals surface area (Å²) in [7, 11) is 0. The van der Waals surface area contributed by atoms with E-state index in [0.29, 0.717) is 5.92 Å². The minimum absolute atomic E-state index is 0.175. The summed E-state index contributed by atoms with van der Waals surface area (Å²) in [5, 5.41) is 0. The minimum Gasteiger partial charge on any atom is -0.328 e. The second kappa shape index (κ2) is 5.53. The Morgan fingerprint density at radius 3 is 2.47 bits per heavy atom. The van der Waals surface area contributed by atoms with Crippen molar-refractivity contribution in [1.29, 1.82) is 0 Å². The maximum absolute atomic E-state index is 12.6. The van der Waals surface area contributed by atoms with E-state index in [2.05, 4.69) is 0 Å². The molecule has 0 heterocycles. The monoisotopic (exact) mass is 271 g/mol. The van der Waals surface area contributed by atoms with Crippen LogP contribution in [0.3, 0.4) is 0 Å². The van der Waals surface area contributed by atoms with Crippen LogP contribution in [0.1, 0.15) is 54.7 Å². The predicted octanol–water partition coefficient (Wildman–Crippen LogP) is 4.39. The number of rotatable bonds is 1. The molecule has 1 aliphatic carbocycles. The Kier molecular flexibility index (Phi) is 4.19. The molecular weight excluding hydrogens is 251 g/mol. The lowest BCUT2D eigenvalue weighted by Crippen LogP contribution is -2.21. The Morgan fingerprint density at radius 1 is 1.16 bits per heavy atom. The van der Waals surface area contributed by atoms with E-state index in [-0.39, 0.29) is 6.04 Å². The van der Waals surface area contributed by atoms with Gasteiger partial charge in [-0.2, -0.15) is 13.2 Å². The molecule has 0 radical (unpaired) electrons. The van der Waals surface area contributed by atoms with E-state index < -0.39 is 11.7 Å². The third-order valence-corrected chi connectivity index (χ3v) is 4.00. The molecule has 2 atom stereocenters. The fourth-order valence-electron chi connectivity index (χ4n) is 2.99. The maximum atomic E-state index is 12.6. The van der Waals surface area contributed by atoms with Gasteiger partial charge in [-0.1, -0.05) is 18.9 Å². The molecule has 1 nitrogen and oxygen atoms in total. The number of halogens is 3. The third kappa shape index (κ3) is 3.50. The molecule has 0 saturated heterocycles. The summed E-state index contributed by atoms with van der Waals surface area (Å²) in [5.41, 5.74) is 7.23. The lowest BCUT2D eigenvalue weighted by molar-refractivity contribution is -0.137. The van der Waals surface area contributed by atoms with Crippen LogP contribution in [0.5, 0.6) is 0 Å². The van der Waals surface area contributed by atoms with Crippen LogP contribution >= 0.6 is 0 Å². The molecule has 1 aromatic carbocycles. The molecule has 0 aromatic heterocycles. The fourth-order valence-corrected chi connectivity index (χ4v) is 2.99. The molecule has 1 aliphatic rings. The van der Waals surface area contributed by atoms with Crippen molar-refractivity contribution in [3.8, 4) is 0 Å². The molecule has 19 heavy (non-hydrogen) atoms. The average Bonchev–Trinajstić information content (AvgIpc) is 2.52. The molecule has 1 saturated carbocycles. The van der Waals surface area contributed by atoms with Crippen molar-refractivity contribution in [2.45, 2.75) is 57.2 Å². The first-order valence-electron chi connectivity index (χ1n) is 6.81. The molecule has 2 N–H and O–H groups in total. The lowest BCUT2D eigenvalue weighted by Gasteiger charge is -2.20. The van der Waals surface area contributed by atoms with E-state index in [1.54, 1.807) is 13.0 Å². The first-order chi connectivity index (χ1) is 8.88. The average molecular weight is 271 g/mol. The highest BCUT2D eigenvalue weighted by Crippen LogP contribution is 2.36. The quantitative estimate of drug-likeness (QED) is 0.753. The molecule has 0 aliphatic heterocycles. The van der Waals surface area contributed by atoms with Crippen LogP contribution in [0.15, 0.2) is 18.2 Å². The summed E-state index contributed by atoms with van der Waals surface area (Å²) < 4.78 is 37.9. The normalized spacial score (nSPS) is 25.1. The fraction of sp³-hybridized carbons (Fsp3) is 0.600. The zero-order valence-electron chi connectivity index (χ0n) is 11.1. The van der Waals surface area contributed by atoms with E-state index in [4.69, 9.17) is 5.73 Å². The SMILES string of the molecule is Cc1cc(C(F)(F)F)ccc1C1CCCCC(N)C1. The zero-order valence-corrected chi connectivity index (χ0v) is 11.1. The highest BCUT2D eigenvalue weighted by atomic mass is 19.4. The number of benzene rings is 1. The van der Waals surface area contributed by atoms with Crippen LogP contribution in [0.4, 0.5) is 13.2 Å². The second-order valence-corrected chi connectivity index (χ2v) is 5.55. The zero-order chi connectivity index (χ0) is 14.0. The third-order valence-electron chi connectivity index (χ3n) is 4.00. The van der Waals surface area contributed by atoms with Gasteiger partial charge in [0.15, 0.2) is 0 Å². The number of aryl methyl sites for hydroxylation is 1. The van der Waals surface area contributed by atoms with Gasteiger partial charge in [-0.15, -0.1) is 0 Å². The molecule has 1 aromatic rings. The molecule has 0 spiro atoms. The van der Waals surface area contributed by atoms with Gasteiger partial charge in [0.25, 0.3) is 0 Å². The van der Waals surface area contributed by atoms with E-state index in [1.807, 2.05) is 0 Å². The van der Waals surface area contributed by atoms with Crippen LogP contribution in [0.25, 0.3) is 0 Å². The van der Waals surface area contributed by atoms with E-state index in [9.17, 15) is 13.2 Å². The Labute approximate surface area is 112 Å². The number of alkyl halides is 3. The number of hydrogen-bond donors (Lipinski definition) is 1. The minimum atomic E-state index is -4.26. The summed E-state index contributed by atoms with van der Waals surface area (Å²) in [6.07, 6.45) is 0.904. The Morgan fingerprint density at radius 2 is 1.84 bits per heavy atom. The smallest absolute Gasteiger partial charge is 0.328 e. The van der Waals surface area contributed by atoms with Gasteiger partial charge in [0.1, 0.15) is 0 Å². The largest absolute Gasteiger partial charge is 0.416 e.